The minimum atomic E-state index is -1.26. The summed E-state index contributed by atoms with van der Waals surface area (Å²) in [6.07, 6.45) is 10.8. The summed E-state index contributed by atoms with van der Waals surface area (Å²) in [5.41, 5.74) is 3.50. The molecular weight excluding hydrogens is 608 g/mol. The van der Waals surface area contributed by atoms with Crippen molar-refractivity contribution in [1.82, 2.24) is 0 Å². The first kappa shape index (κ1) is 35.0. The largest absolute Gasteiger partial charge is 1.00 e. The number of ether oxygens (including phenoxy) is 1. The molecule has 2 aromatic carbocycles. The van der Waals surface area contributed by atoms with Crippen molar-refractivity contribution >= 4 is 52.3 Å². The van der Waals surface area contributed by atoms with E-state index >= 15 is 0 Å². The first-order valence-corrected chi connectivity index (χ1v) is 16.0. The van der Waals surface area contributed by atoms with Gasteiger partial charge < -0.3 is 20.0 Å². The van der Waals surface area contributed by atoms with Gasteiger partial charge in [0.05, 0.1) is 21.7 Å². The first-order chi connectivity index (χ1) is 20.3. The molecule has 44 heavy (non-hydrogen) atoms. The Morgan fingerprint density at radius 3 is 2.39 bits per heavy atom. The van der Waals surface area contributed by atoms with Crippen molar-refractivity contribution in [2.45, 2.75) is 85.2 Å². The number of Topliss-reactive ketones (excluding diaryl/α,β-unsaturated/α-hetero) is 1. The third-order valence-corrected chi connectivity index (χ3v) is 11.6. The summed E-state index contributed by atoms with van der Waals surface area (Å²) in [5, 5.41) is 14.9. The zero-order valence-corrected chi connectivity index (χ0v) is 29.8. The minimum absolute atomic E-state index is 0. The summed E-state index contributed by atoms with van der Waals surface area (Å²) < 4.78 is 5.50. The summed E-state index contributed by atoms with van der Waals surface area (Å²) in [5.74, 6) is 1.07. The number of rotatable bonds is 4. The van der Waals surface area contributed by atoms with Crippen LogP contribution in [0.15, 0.2) is 48.0 Å². The molecule has 4 aliphatic rings. The monoisotopic (exact) mass is 647 g/mol. The molecule has 3 fully saturated rings. The Kier molecular flexibility index (Phi) is 11.1. The second kappa shape index (κ2) is 13.9. The summed E-state index contributed by atoms with van der Waals surface area (Å²) in [6.45, 7) is 8.04. The molecule has 6 atom stereocenters. The van der Waals surface area contributed by atoms with Crippen LogP contribution in [-0.4, -0.2) is 23.8 Å². The summed E-state index contributed by atoms with van der Waals surface area (Å²) in [7, 11) is 0. The van der Waals surface area contributed by atoms with Crippen LogP contribution < -0.4 is 40.0 Å². The summed E-state index contributed by atoms with van der Waals surface area (Å²) >= 11 is 12.2. The molecule has 9 heteroatoms. The van der Waals surface area contributed by atoms with Crippen LogP contribution in [0.1, 0.15) is 88.1 Å². The Morgan fingerprint density at radius 1 is 1.00 bits per heavy atom. The number of aryl methyl sites for hydroxylation is 1. The van der Waals surface area contributed by atoms with E-state index in [4.69, 9.17) is 27.9 Å². The van der Waals surface area contributed by atoms with Gasteiger partial charge in [0.2, 0.25) is 0 Å². The third-order valence-electron chi connectivity index (χ3n) is 10.8. The summed E-state index contributed by atoms with van der Waals surface area (Å²) in [6, 6.07) is 9.91. The molecule has 0 radical (unpaired) electrons. The number of carboxylic acid groups (broad SMARTS) is 1. The van der Waals surface area contributed by atoms with E-state index in [1.807, 2.05) is 6.92 Å². The van der Waals surface area contributed by atoms with Gasteiger partial charge in [-0.05, 0) is 86.3 Å². The number of fused-ring (bicyclic) bond motifs is 5. The number of anilines is 2. The molecule has 3 saturated carbocycles. The van der Waals surface area contributed by atoms with E-state index in [0.29, 0.717) is 45.0 Å². The fourth-order valence-electron chi connectivity index (χ4n) is 8.41. The van der Waals surface area contributed by atoms with Gasteiger partial charge in [-0.15, -0.1) is 0 Å². The quantitative estimate of drug-likeness (QED) is 0.289. The molecule has 0 heterocycles. The predicted molar refractivity (Wildman–Crippen MR) is 168 cm³/mol. The number of hydrogen-bond donors (Lipinski definition) is 1. The van der Waals surface area contributed by atoms with E-state index in [0.717, 1.165) is 50.5 Å². The summed E-state index contributed by atoms with van der Waals surface area (Å²) in [4.78, 5) is 34.8. The molecule has 0 amide bonds. The fraction of sp³-hybridized carbons (Fsp3) is 0.514. The number of benzene rings is 2. The maximum absolute atomic E-state index is 12.4. The van der Waals surface area contributed by atoms with Gasteiger partial charge in [-0.2, -0.15) is 0 Å². The van der Waals surface area contributed by atoms with Gasteiger partial charge >= 0.3 is 35.5 Å². The number of hydrogen-bond acceptors (Lipinski definition) is 6. The van der Waals surface area contributed by atoms with Crippen LogP contribution in [0, 0.1) is 35.5 Å². The number of allylic oxidation sites excluding steroid dienone is 1. The Labute approximate surface area is 292 Å². The van der Waals surface area contributed by atoms with Crippen LogP contribution >= 0.6 is 23.2 Å². The Balaban J connectivity index is 0.000000202. The third kappa shape index (κ3) is 6.66. The standard InChI is InChI=1S/C21H30O3.C14H11Cl2NO2.Na/c1-13(22)24-15-8-10-20(2)14(12-15)4-5-16-17-6-7-19(23)21(17,3)11-9-18(16)20;1-8-6-7-10(15)13(12(8)16)17-11-5-3-2-4-9(11)14(18)19;/h4,15-18H,5-12H2,1-3H3;2-7,17H,1H3,(H,18,19);/q;;+1/p-1. The van der Waals surface area contributed by atoms with Crippen molar-refractivity contribution in [3.8, 4) is 0 Å². The Morgan fingerprint density at radius 2 is 1.68 bits per heavy atom. The zero-order valence-electron chi connectivity index (χ0n) is 26.3. The molecule has 4 aliphatic carbocycles. The number of ketones is 1. The van der Waals surface area contributed by atoms with Gasteiger partial charge in [0.15, 0.2) is 0 Å². The van der Waals surface area contributed by atoms with Crippen molar-refractivity contribution in [1.29, 1.82) is 0 Å². The topological polar surface area (TPSA) is 95.5 Å². The smallest absolute Gasteiger partial charge is 0.545 e. The number of carbonyl (C=O) groups excluding carboxylic acids is 3. The van der Waals surface area contributed by atoms with Gasteiger partial charge in [0, 0.05) is 36.4 Å². The number of nitrogens with one attached hydrogen (secondary N) is 1. The maximum atomic E-state index is 12.4. The van der Waals surface area contributed by atoms with Crippen LogP contribution in [0.3, 0.4) is 0 Å². The number of carbonyl (C=O) groups is 3. The van der Waals surface area contributed by atoms with Gasteiger partial charge in [-0.3, -0.25) is 9.59 Å². The number of halogens is 2. The molecule has 230 valence electrons. The molecule has 2 aromatic rings. The van der Waals surface area contributed by atoms with E-state index in [9.17, 15) is 19.5 Å². The van der Waals surface area contributed by atoms with Crippen LogP contribution in [0.4, 0.5) is 11.4 Å². The van der Waals surface area contributed by atoms with Crippen molar-refractivity contribution in [2.24, 2.45) is 28.6 Å². The van der Waals surface area contributed by atoms with Gasteiger partial charge in [-0.25, -0.2) is 0 Å². The van der Waals surface area contributed by atoms with Crippen LogP contribution in [0.2, 0.25) is 10.0 Å². The molecular formula is C35H40Cl2NNaO5. The van der Waals surface area contributed by atoms with Gasteiger partial charge in [-0.1, -0.05) is 73.0 Å². The number of para-hydroxylation sites is 1. The normalized spacial score (nSPS) is 30.2. The van der Waals surface area contributed by atoms with E-state index in [1.54, 1.807) is 30.3 Å². The molecule has 0 aromatic heterocycles. The number of carboxylic acids is 1. The molecule has 1 N–H and O–H groups in total. The number of esters is 1. The van der Waals surface area contributed by atoms with Crippen molar-refractivity contribution in [3.05, 3.63) is 69.2 Å². The Hall–Kier alpha value is -1.83. The molecule has 0 bridgehead atoms. The SMILES string of the molecule is CC(=O)OC1CCC2(C)C(=CCC3C4CCC(=O)C4(C)CCC32)C1.Cc1ccc(Cl)c(Nc2ccccc2C(=O)[O-])c1Cl.[Na+]. The van der Waals surface area contributed by atoms with Crippen molar-refractivity contribution in [3.63, 3.8) is 0 Å². The molecule has 6 nitrogen and oxygen atoms in total. The zero-order chi connectivity index (χ0) is 31.1. The molecule has 6 rings (SSSR count). The minimum Gasteiger partial charge on any atom is -0.545 e. The van der Waals surface area contributed by atoms with E-state index < -0.39 is 5.97 Å². The predicted octanol–water partition coefficient (Wildman–Crippen LogP) is 4.86. The Bertz CT molecular complexity index is 1480. The van der Waals surface area contributed by atoms with E-state index in [1.165, 1.54) is 25.0 Å². The van der Waals surface area contributed by atoms with E-state index in [2.05, 4.69) is 25.2 Å². The van der Waals surface area contributed by atoms with Crippen LogP contribution in [0.5, 0.6) is 0 Å². The average molecular weight is 649 g/mol. The maximum Gasteiger partial charge on any atom is 1.00 e. The average Bonchev–Trinajstić information content (AvgIpc) is 3.27. The van der Waals surface area contributed by atoms with Crippen LogP contribution in [-0.2, 0) is 14.3 Å². The van der Waals surface area contributed by atoms with Gasteiger partial charge in [0.1, 0.15) is 11.9 Å². The van der Waals surface area contributed by atoms with Crippen molar-refractivity contribution < 1.29 is 53.8 Å². The van der Waals surface area contributed by atoms with Crippen molar-refractivity contribution in [2.75, 3.05) is 5.32 Å². The fourth-order valence-corrected chi connectivity index (χ4v) is 8.88. The molecule has 0 aliphatic heterocycles. The second-order valence-corrected chi connectivity index (χ2v) is 13.9. The molecule has 0 saturated heterocycles. The molecule has 0 spiro atoms. The molecule has 6 unspecified atom stereocenters. The number of aromatic carboxylic acids is 1. The second-order valence-electron chi connectivity index (χ2n) is 13.2. The van der Waals surface area contributed by atoms with Crippen LogP contribution in [0.25, 0.3) is 0 Å². The van der Waals surface area contributed by atoms with Gasteiger partial charge in [0.25, 0.3) is 0 Å². The van der Waals surface area contributed by atoms with E-state index in [-0.39, 0.29) is 58.0 Å². The first-order valence-electron chi connectivity index (χ1n) is 15.3.